The van der Waals surface area contributed by atoms with E-state index < -0.39 is 41.3 Å². The molecule has 2 bridgehead atoms. The van der Waals surface area contributed by atoms with E-state index >= 15 is 0 Å². The van der Waals surface area contributed by atoms with Crippen LogP contribution in [0, 0.1) is 29.5 Å². The highest BCUT2D eigenvalue weighted by Crippen LogP contribution is 2.55. The van der Waals surface area contributed by atoms with Gasteiger partial charge in [-0.2, -0.15) is 0 Å². The van der Waals surface area contributed by atoms with Crippen molar-refractivity contribution >= 4 is 35.0 Å². The average molecular weight is 603 g/mol. The molecule has 3 saturated heterocycles. The second kappa shape index (κ2) is 11.9. The van der Waals surface area contributed by atoms with E-state index in [9.17, 15) is 18.8 Å². The molecule has 4 heterocycles. The third kappa shape index (κ3) is 5.25. The van der Waals surface area contributed by atoms with Gasteiger partial charge in [0.05, 0.1) is 36.2 Å². The summed E-state index contributed by atoms with van der Waals surface area (Å²) in [5, 5.41) is 5.98. The molecule has 1 spiro atoms. The lowest BCUT2D eigenvalue weighted by atomic mass is 9.73. The number of anilines is 1. The van der Waals surface area contributed by atoms with E-state index in [1.54, 1.807) is 11.0 Å². The van der Waals surface area contributed by atoms with Crippen molar-refractivity contribution in [1.82, 2.24) is 15.1 Å². The quantitative estimate of drug-likeness (QED) is 0.443. The van der Waals surface area contributed by atoms with Crippen molar-refractivity contribution in [3.8, 4) is 0 Å². The second-order valence-corrected chi connectivity index (χ2v) is 12.9. The fraction of sp³-hybridized carbons (Fsp3) is 0.645. The number of morpholine rings is 1. The summed E-state index contributed by atoms with van der Waals surface area (Å²) in [5.41, 5.74) is -0.897. The number of nitrogens with one attached hydrogen (secondary N) is 2. The maximum atomic E-state index is 14.2. The van der Waals surface area contributed by atoms with Crippen LogP contribution in [-0.4, -0.2) is 90.7 Å². The first kappa shape index (κ1) is 29.5. The first-order valence-corrected chi connectivity index (χ1v) is 15.6. The molecule has 1 aromatic rings. The van der Waals surface area contributed by atoms with Gasteiger partial charge in [-0.3, -0.25) is 19.3 Å². The molecular formula is C31H40ClFN4O5. The molecule has 0 radical (unpaired) electrons. The van der Waals surface area contributed by atoms with Gasteiger partial charge in [0, 0.05) is 37.9 Å². The molecule has 4 aliphatic heterocycles. The number of hydrogen-bond donors (Lipinski definition) is 2. The van der Waals surface area contributed by atoms with Gasteiger partial charge >= 0.3 is 0 Å². The monoisotopic (exact) mass is 602 g/mol. The van der Waals surface area contributed by atoms with Crippen LogP contribution < -0.4 is 10.6 Å². The number of amides is 3. The van der Waals surface area contributed by atoms with E-state index in [-0.39, 0.29) is 22.9 Å². The minimum Gasteiger partial charge on any atom is -0.379 e. The fourth-order valence-electron chi connectivity index (χ4n) is 7.64. The molecular weight excluding hydrogens is 563 g/mol. The fourth-order valence-corrected chi connectivity index (χ4v) is 7.82. The largest absolute Gasteiger partial charge is 0.379 e. The van der Waals surface area contributed by atoms with Crippen molar-refractivity contribution in [3.63, 3.8) is 0 Å². The van der Waals surface area contributed by atoms with Gasteiger partial charge in [0.25, 0.3) is 0 Å². The number of nitrogens with zero attached hydrogens (tertiary/aromatic N) is 2. The van der Waals surface area contributed by atoms with Crippen LogP contribution in [-0.2, 0) is 23.9 Å². The summed E-state index contributed by atoms with van der Waals surface area (Å²) >= 11 is 5.93. The molecule has 0 aromatic heterocycles. The minimum atomic E-state index is -1.23. The number of ether oxygens (including phenoxy) is 2. The van der Waals surface area contributed by atoms with Crippen LogP contribution in [0.2, 0.25) is 5.02 Å². The molecule has 5 aliphatic rings. The van der Waals surface area contributed by atoms with Crippen LogP contribution in [0.3, 0.4) is 0 Å². The molecule has 6 rings (SSSR count). The Kier molecular flexibility index (Phi) is 8.34. The number of likely N-dealkylation sites (tertiary alicyclic amines) is 1. The van der Waals surface area contributed by atoms with Crippen LogP contribution >= 0.6 is 11.6 Å². The highest BCUT2D eigenvalue weighted by atomic mass is 35.5. The first-order valence-electron chi connectivity index (χ1n) is 15.2. The third-order valence-corrected chi connectivity index (χ3v) is 10.4. The number of benzene rings is 1. The van der Waals surface area contributed by atoms with Crippen LogP contribution in [0.4, 0.5) is 10.1 Å². The van der Waals surface area contributed by atoms with E-state index in [4.69, 9.17) is 21.1 Å². The van der Waals surface area contributed by atoms with Gasteiger partial charge < -0.3 is 25.0 Å². The Hall–Kier alpha value is -2.53. The Morgan fingerprint density at radius 2 is 1.93 bits per heavy atom. The van der Waals surface area contributed by atoms with Gasteiger partial charge in [-0.1, -0.05) is 50.4 Å². The zero-order chi connectivity index (χ0) is 29.6. The Labute approximate surface area is 251 Å². The Balaban J connectivity index is 1.25. The van der Waals surface area contributed by atoms with Gasteiger partial charge in [0.1, 0.15) is 17.5 Å². The standard InChI is InChI=1S/C31H40ClFN4O5/c1-18-5-3-6-23(19(18)2)35-29(39)27-31-10-9-24(42-31)25(28(38)34-20-7-8-22(33)21(32)17-20)26(31)30(40)37(27)12-4-11-36-13-15-41-16-14-36/h7-10,17-19,23-27H,3-6,11-16H2,1-2H3,(H,34,38)(H,35,39)/t18-,19+,23+,24+,25-,26+,27+,31+/m1/s1. The predicted octanol–water partition coefficient (Wildman–Crippen LogP) is 3.23. The van der Waals surface area contributed by atoms with Gasteiger partial charge in [-0.05, 0) is 42.9 Å². The summed E-state index contributed by atoms with van der Waals surface area (Å²) < 4.78 is 25.6. The number of carbonyl (C=O) groups is 3. The normalized spacial score (nSPS) is 35.9. The van der Waals surface area contributed by atoms with Crippen molar-refractivity contribution in [1.29, 1.82) is 0 Å². The maximum Gasteiger partial charge on any atom is 0.246 e. The topological polar surface area (TPSA) is 100 Å². The second-order valence-electron chi connectivity index (χ2n) is 12.5. The predicted molar refractivity (Wildman–Crippen MR) is 155 cm³/mol. The number of fused-ring (bicyclic) bond motifs is 1. The molecule has 8 atom stereocenters. The SMILES string of the molecule is C[C@H]1[C@H](C)CCC[C@@H]1NC(=O)[C@@H]1N(CCCN2CCOCC2)C(=O)[C@@H]2[C@H](C(=O)Nc3ccc(F)c(Cl)c3)[C@@H]3C=C[C@]21O3. The van der Waals surface area contributed by atoms with Crippen LogP contribution in [0.15, 0.2) is 30.4 Å². The van der Waals surface area contributed by atoms with Crippen LogP contribution in [0.5, 0.6) is 0 Å². The van der Waals surface area contributed by atoms with Crippen molar-refractivity contribution < 1.29 is 28.2 Å². The molecule has 11 heteroatoms. The van der Waals surface area contributed by atoms with Crippen molar-refractivity contribution in [2.75, 3.05) is 44.7 Å². The molecule has 9 nitrogen and oxygen atoms in total. The molecule has 228 valence electrons. The lowest BCUT2D eigenvalue weighted by Gasteiger charge is -2.38. The van der Waals surface area contributed by atoms with E-state index in [2.05, 4.69) is 29.4 Å². The molecule has 1 aromatic carbocycles. The summed E-state index contributed by atoms with van der Waals surface area (Å²) in [5.74, 6) is -2.34. The zero-order valence-electron chi connectivity index (χ0n) is 24.2. The average Bonchev–Trinajstić information content (AvgIpc) is 3.61. The van der Waals surface area contributed by atoms with Gasteiger partial charge in [-0.25, -0.2) is 4.39 Å². The molecule has 42 heavy (non-hydrogen) atoms. The van der Waals surface area contributed by atoms with Crippen LogP contribution in [0.25, 0.3) is 0 Å². The lowest BCUT2D eigenvalue weighted by molar-refractivity contribution is -0.141. The zero-order valence-corrected chi connectivity index (χ0v) is 24.9. The smallest absolute Gasteiger partial charge is 0.246 e. The molecule has 3 amide bonds. The third-order valence-electron chi connectivity index (χ3n) is 10.1. The highest BCUT2D eigenvalue weighted by Gasteiger charge is 2.72. The lowest BCUT2D eigenvalue weighted by Crippen LogP contribution is -2.58. The minimum absolute atomic E-state index is 0.0203. The summed E-state index contributed by atoms with van der Waals surface area (Å²) in [4.78, 5) is 45.9. The van der Waals surface area contributed by atoms with E-state index in [0.29, 0.717) is 43.7 Å². The molecule has 4 fully saturated rings. The van der Waals surface area contributed by atoms with Crippen molar-refractivity contribution in [2.45, 2.75) is 63.3 Å². The van der Waals surface area contributed by atoms with Gasteiger partial charge in [0.2, 0.25) is 17.7 Å². The maximum absolute atomic E-state index is 14.2. The van der Waals surface area contributed by atoms with Gasteiger partial charge in [-0.15, -0.1) is 0 Å². The summed E-state index contributed by atoms with van der Waals surface area (Å²) in [6.07, 6.45) is 6.76. The van der Waals surface area contributed by atoms with Crippen LogP contribution in [0.1, 0.15) is 39.5 Å². The number of carbonyl (C=O) groups excluding carboxylic acids is 3. The Morgan fingerprint density at radius 3 is 2.69 bits per heavy atom. The summed E-state index contributed by atoms with van der Waals surface area (Å²) in [6, 6.07) is 3.10. The van der Waals surface area contributed by atoms with E-state index in [1.807, 2.05) is 6.08 Å². The molecule has 1 aliphatic carbocycles. The number of hydrogen-bond acceptors (Lipinski definition) is 6. The highest BCUT2D eigenvalue weighted by molar-refractivity contribution is 6.31. The summed E-state index contributed by atoms with van der Waals surface area (Å²) in [7, 11) is 0. The molecule has 2 N–H and O–H groups in total. The Bertz CT molecular complexity index is 1260. The van der Waals surface area contributed by atoms with Crippen molar-refractivity contribution in [3.05, 3.63) is 41.2 Å². The van der Waals surface area contributed by atoms with E-state index in [0.717, 1.165) is 38.9 Å². The first-order chi connectivity index (χ1) is 20.2. The number of rotatable bonds is 8. The van der Waals surface area contributed by atoms with Crippen molar-refractivity contribution in [2.24, 2.45) is 23.7 Å². The van der Waals surface area contributed by atoms with Gasteiger partial charge in [0.15, 0.2) is 0 Å². The summed E-state index contributed by atoms with van der Waals surface area (Å²) in [6.45, 7) is 8.61. The molecule has 0 unspecified atom stereocenters. The molecule has 1 saturated carbocycles. The number of halogens is 2. The Morgan fingerprint density at radius 1 is 1.14 bits per heavy atom. The van der Waals surface area contributed by atoms with E-state index in [1.165, 1.54) is 18.2 Å².